The fourth-order valence-electron chi connectivity index (χ4n) is 3.18. The van der Waals surface area contributed by atoms with Gasteiger partial charge < -0.3 is 10.0 Å². The second-order valence-corrected chi connectivity index (χ2v) is 7.00. The van der Waals surface area contributed by atoms with Gasteiger partial charge in [0.25, 0.3) is 0 Å². The highest BCUT2D eigenvalue weighted by atomic mass is 32.1. The predicted molar refractivity (Wildman–Crippen MR) is 87.5 cm³/mol. The maximum absolute atomic E-state index is 11.3. The molecule has 1 aromatic heterocycles. The van der Waals surface area contributed by atoms with Crippen LogP contribution in [0.25, 0.3) is 0 Å². The molecule has 1 saturated heterocycles. The second kappa shape index (κ2) is 6.77. The normalized spacial score (nSPS) is 18.0. The molecule has 5 heteroatoms. The smallest absolute Gasteiger partial charge is 0.347 e. The summed E-state index contributed by atoms with van der Waals surface area (Å²) in [5.74, 6) is -0.837. The summed E-state index contributed by atoms with van der Waals surface area (Å²) < 4.78 is 0. The first-order chi connectivity index (χ1) is 10.0. The van der Waals surface area contributed by atoms with Crippen LogP contribution in [0.5, 0.6) is 0 Å². The van der Waals surface area contributed by atoms with E-state index in [4.69, 9.17) is 0 Å². The number of thiazole rings is 1. The van der Waals surface area contributed by atoms with Crippen molar-refractivity contribution in [1.29, 1.82) is 0 Å². The van der Waals surface area contributed by atoms with E-state index < -0.39 is 5.97 Å². The molecular formula is C16H26N2O2S. The van der Waals surface area contributed by atoms with Gasteiger partial charge in [-0.05, 0) is 24.7 Å². The third-order valence-electron chi connectivity index (χ3n) is 4.96. The van der Waals surface area contributed by atoms with Crippen LogP contribution in [-0.2, 0) is 6.42 Å². The summed E-state index contributed by atoms with van der Waals surface area (Å²) in [7, 11) is 0. The van der Waals surface area contributed by atoms with Gasteiger partial charge in [0.15, 0.2) is 5.13 Å². The molecule has 0 amide bonds. The Morgan fingerprint density at radius 3 is 2.38 bits per heavy atom. The second-order valence-electron chi connectivity index (χ2n) is 6.02. The average Bonchev–Trinajstić information content (AvgIpc) is 2.92. The van der Waals surface area contributed by atoms with Crippen LogP contribution in [0.15, 0.2) is 0 Å². The molecule has 0 atom stereocenters. The maximum Gasteiger partial charge on any atom is 0.347 e. The van der Waals surface area contributed by atoms with E-state index in [1.165, 1.54) is 37.0 Å². The maximum atomic E-state index is 11.3. The molecule has 0 spiro atoms. The molecule has 0 radical (unpaired) electrons. The summed E-state index contributed by atoms with van der Waals surface area (Å²) in [5.41, 5.74) is 1.24. The number of nitrogens with zero attached hydrogens (tertiary/aromatic N) is 2. The highest BCUT2D eigenvalue weighted by Gasteiger charge is 2.32. The number of carbonyl (C=O) groups is 1. The van der Waals surface area contributed by atoms with Crippen LogP contribution in [-0.4, -0.2) is 29.1 Å². The lowest BCUT2D eigenvalue weighted by atomic mass is 9.74. The van der Waals surface area contributed by atoms with E-state index in [1.54, 1.807) is 0 Å². The number of hydrogen-bond acceptors (Lipinski definition) is 4. The van der Waals surface area contributed by atoms with E-state index in [0.717, 1.165) is 36.8 Å². The number of aromatic carboxylic acids is 1. The van der Waals surface area contributed by atoms with Gasteiger partial charge in [-0.2, -0.15) is 0 Å². The van der Waals surface area contributed by atoms with Crippen molar-refractivity contribution in [3.63, 3.8) is 0 Å². The molecule has 0 unspecified atom stereocenters. The van der Waals surface area contributed by atoms with Crippen LogP contribution in [0.4, 0.5) is 5.13 Å². The number of carboxylic acid groups (broad SMARTS) is 1. The van der Waals surface area contributed by atoms with E-state index in [1.807, 2.05) is 0 Å². The van der Waals surface area contributed by atoms with Crippen molar-refractivity contribution in [2.24, 2.45) is 5.41 Å². The fourth-order valence-corrected chi connectivity index (χ4v) is 4.18. The minimum atomic E-state index is -0.837. The first kappa shape index (κ1) is 16.3. The van der Waals surface area contributed by atoms with Crippen LogP contribution in [0.2, 0.25) is 0 Å². The molecule has 118 valence electrons. The Morgan fingerprint density at radius 1 is 1.29 bits per heavy atom. The summed E-state index contributed by atoms with van der Waals surface area (Å²) >= 11 is 1.34. The lowest BCUT2D eigenvalue weighted by molar-refractivity contribution is 0.0700. The molecule has 1 aliphatic heterocycles. The summed E-state index contributed by atoms with van der Waals surface area (Å²) in [6.07, 6.45) is 6.52. The third kappa shape index (κ3) is 3.39. The van der Waals surface area contributed by atoms with E-state index in [2.05, 4.69) is 30.7 Å². The molecule has 0 aliphatic carbocycles. The van der Waals surface area contributed by atoms with Gasteiger partial charge in [0.2, 0.25) is 0 Å². The number of hydrogen-bond donors (Lipinski definition) is 1. The molecule has 21 heavy (non-hydrogen) atoms. The zero-order valence-electron chi connectivity index (χ0n) is 13.3. The number of piperidine rings is 1. The van der Waals surface area contributed by atoms with E-state index in [9.17, 15) is 9.90 Å². The molecular weight excluding hydrogens is 284 g/mol. The first-order valence-corrected chi connectivity index (χ1v) is 8.84. The highest BCUT2D eigenvalue weighted by Crippen LogP contribution is 2.40. The summed E-state index contributed by atoms with van der Waals surface area (Å²) in [6.45, 7) is 8.62. The van der Waals surface area contributed by atoms with Crippen LogP contribution < -0.4 is 4.90 Å². The van der Waals surface area contributed by atoms with Gasteiger partial charge in [-0.15, -0.1) is 0 Å². The molecule has 4 nitrogen and oxygen atoms in total. The number of carboxylic acids is 1. The van der Waals surface area contributed by atoms with Gasteiger partial charge >= 0.3 is 5.97 Å². The minimum Gasteiger partial charge on any atom is -0.477 e. The molecule has 0 bridgehead atoms. The van der Waals surface area contributed by atoms with Gasteiger partial charge in [-0.1, -0.05) is 51.4 Å². The zero-order valence-corrected chi connectivity index (χ0v) is 14.1. The molecule has 0 aromatic carbocycles. The van der Waals surface area contributed by atoms with Crippen molar-refractivity contribution >= 4 is 22.4 Å². The Labute approximate surface area is 131 Å². The molecule has 0 saturated carbocycles. The SMILES string of the molecule is CCCc1nc(N2CCC(CC)(CC)CC2)sc1C(=O)O. The van der Waals surface area contributed by atoms with Crippen molar-refractivity contribution in [2.45, 2.75) is 59.3 Å². The van der Waals surface area contributed by atoms with Crippen molar-refractivity contribution in [1.82, 2.24) is 4.98 Å². The predicted octanol–water partition coefficient (Wildman–Crippen LogP) is 4.20. The van der Waals surface area contributed by atoms with E-state index in [0.29, 0.717) is 10.3 Å². The fraction of sp³-hybridized carbons (Fsp3) is 0.750. The van der Waals surface area contributed by atoms with Crippen LogP contribution in [0.3, 0.4) is 0 Å². The van der Waals surface area contributed by atoms with Crippen LogP contribution in [0, 0.1) is 5.41 Å². The molecule has 1 fully saturated rings. The van der Waals surface area contributed by atoms with Gasteiger partial charge in [0, 0.05) is 13.1 Å². The average molecular weight is 310 g/mol. The van der Waals surface area contributed by atoms with Gasteiger partial charge in [0.1, 0.15) is 4.88 Å². The van der Waals surface area contributed by atoms with E-state index >= 15 is 0 Å². The number of aryl methyl sites for hydroxylation is 1. The Kier molecular flexibility index (Phi) is 5.25. The lowest BCUT2D eigenvalue weighted by Gasteiger charge is -2.40. The lowest BCUT2D eigenvalue weighted by Crippen LogP contribution is -2.39. The van der Waals surface area contributed by atoms with E-state index in [-0.39, 0.29) is 0 Å². The third-order valence-corrected chi connectivity index (χ3v) is 6.11. The number of aromatic nitrogens is 1. The zero-order chi connectivity index (χ0) is 15.5. The van der Waals surface area contributed by atoms with Crippen molar-refractivity contribution in [3.05, 3.63) is 10.6 Å². The Bertz CT molecular complexity index is 484. The number of rotatable bonds is 6. The quantitative estimate of drug-likeness (QED) is 0.855. The monoisotopic (exact) mass is 310 g/mol. The largest absolute Gasteiger partial charge is 0.477 e. The van der Waals surface area contributed by atoms with Gasteiger partial charge in [-0.25, -0.2) is 9.78 Å². The van der Waals surface area contributed by atoms with Gasteiger partial charge in [0.05, 0.1) is 5.69 Å². The minimum absolute atomic E-state index is 0.426. The molecule has 1 aromatic rings. The highest BCUT2D eigenvalue weighted by molar-refractivity contribution is 7.17. The summed E-state index contributed by atoms with van der Waals surface area (Å²) in [5, 5.41) is 10.2. The molecule has 1 N–H and O–H groups in total. The Balaban J connectivity index is 2.13. The topological polar surface area (TPSA) is 53.4 Å². The Morgan fingerprint density at radius 2 is 1.90 bits per heavy atom. The molecule has 1 aliphatic rings. The standard InChI is InChI=1S/C16H26N2O2S/c1-4-7-12-13(14(19)20)21-15(17-12)18-10-8-16(5-2,6-3)9-11-18/h4-11H2,1-3H3,(H,19,20). The molecule has 2 heterocycles. The first-order valence-electron chi connectivity index (χ1n) is 8.03. The van der Waals surface area contributed by atoms with Gasteiger partial charge in [-0.3, -0.25) is 0 Å². The van der Waals surface area contributed by atoms with Crippen molar-refractivity contribution in [3.8, 4) is 0 Å². The Hall–Kier alpha value is -1.10. The number of anilines is 1. The summed E-state index contributed by atoms with van der Waals surface area (Å²) in [6, 6.07) is 0. The molecule has 2 rings (SSSR count). The van der Waals surface area contributed by atoms with Crippen LogP contribution in [0.1, 0.15) is 68.2 Å². The van der Waals surface area contributed by atoms with Crippen molar-refractivity contribution < 1.29 is 9.90 Å². The van der Waals surface area contributed by atoms with Crippen LogP contribution >= 0.6 is 11.3 Å². The van der Waals surface area contributed by atoms with Crippen molar-refractivity contribution in [2.75, 3.05) is 18.0 Å². The summed E-state index contributed by atoms with van der Waals surface area (Å²) in [4.78, 5) is 18.7.